The molecule has 1 heterocycles. The fourth-order valence-corrected chi connectivity index (χ4v) is 1.96. The Morgan fingerprint density at radius 3 is 2.78 bits per heavy atom. The van der Waals surface area contributed by atoms with Crippen molar-refractivity contribution in [3.05, 3.63) is 56.5 Å². The highest BCUT2D eigenvalue weighted by molar-refractivity contribution is 6.31. The van der Waals surface area contributed by atoms with Gasteiger partial charge in [0.25, 0.3) is 0 Å². The van der Waals surface area contributed by atoms with Crippen molar-refractivity contribution < 1.29 is 0 Å². The molecule has 0 aliphatic carbocycles. The fraction of sp³-hybridized carbons (Fsp3) is 0.231. The summed E-state index contributed by atoms with van der Waals surface area (Å²) < 4.78 is 1.70. The van der Waals surface area contributed by atoms with Crippen LogP contribution in [0.2, 0.25) is 5.02 Å². The van der Waals surface area contributed by atoms with Crippen molar-refractivity contribution in [1.29, 1.82) is 0 Å². The summed E-state index contributed by atoms with van der Waals surface area (Å²) in [5.74, 6) is 0. The molecule has 0 amide bonds. The van der Waals surface area contributed by atoms with Gasteiger partial charge < -0.3 is 5.73 Å². The lowest BCUT2D eigenvalue weighted by molar-refractivity contribution is 0.747. The normalized spacial score (nSPS) is 10.7. The average molecular weight is 264 g/mol. The van der Waals surface area contributed by atoms with E-state index < -0.39 is 0 Å². The van der Waals surface area contributed by atoms with Gasteiger partial charge in [0, 0.05) is 23.3 Å². The summed E-state index contributed by atoms with van der Waals surface area (Å²) >= 11 is 6.09. The average Bonchev–Trinajstić information content (AvgIpc) is 2.34. The minimum absolute atomic E-state index is 0.124. The molecule has 2 rings (SSSR count). The van der Waals surface area contributed by atoms with E-state index in [1.807, 2.05) is 32.0 Å². The summed E-state index contributed by atoms with van der Waals surface area (Å²) in [4.78, 5) is 11.6. The van der Waals surface area contributed by atoms with Gasteiger partial charge in [-0.2, -0.15) is 5.10 Å². The van der Waals surface area contributed by atoms with E-state index in [1.54, 1.807) is 4.68 Å². The molecule has 0 aliphatic rings. The molecule has 94 valence electrons. The quantitative estimate of drug-likeness (QED) is 0.901. The first-order chi connectivity index (χ1) is 8.54. The Hall–Kier alpha value is -1.65. The number of nitrogens with zero attached hydrogens (tertiary/aromatic N) is 2. The maximum Gasteiger partial charge on any atom is 0.204 e. The van der Waals surface area contributed by atoms with Crippen molar-refractivity contribution in [3.63, 3.8) is 0 Å². The molecule has 5 heteroatoms. The number of nitrogens with two attached hydrogens (primary N) is 1. The molecule has 18 heavy (non-hydrogen) atoms. The highest BCUT2D eigenvalue weighted by Gasteiger charge is 2.09. The van der Waals surface area contributed by atoms with Gasteiger partial charge in [0.2, 0.25) is 5.43 Å². The Morgan fingerprint density at radius 2 is 2.11 bits per heavy atom. The molecule has 0 bridgehead atoms. The summed E-state index contributed by atoms with van der Waals surface area (Å²) in [6, 6.07) is 7.12. The minimum atomic E-state index is -0.133. The minimum Gasteiger partial charge on any atom is -0.325 e. The first-order valence-corrected chi connectivity index (χ1v) is 5.98. The number of rotatable bonds is 2. The molecule has 2 aromatic rings. The van der Waals surface area contributed by atoms with Gasteiger partial charge in [-0.25, -0.2) is 4.68 Å². The van der Waals surface area contributed by atoms with Crippen LogP contribution in [0.25, 0.3) is 5.69 Å². The van der Waals surface area contributed by atoms with Gasteiger partial charge in [-0.05, 0) is 31.5 Å². The second-order valence-corrected chi connectivity index (χ2v) is 4.50. The number of halogens is 1. The lowest BCUT2D eigenvalue weighted by atomic mass is 10.2. The smallest absolute Gasteiger partial charge is 0.204 e. The van der Waals surface area contributed by atoms with Crippen LogP contribution in [0.5, 0.6) is 0 Å². The molecular weight excluding hydrogens is 250 g/mol. The van der Waals surface area contributed by atoms with Crippen LogP contribution in [0.4, 0.5) is 0 Å². The van der Waals surface area contributed by atoms with Crippen molar-refractivity contribution in [2.45, 2.75) is 20.4 Å². The fourth-order valence-electron chi connectivity index (χ4n) is 1.79. The summed E-state index contributed by atoms with van der Waals surface area (Å²) in [6.07, 6.45) is 0. The van der Waals surface area contributed by atoms with Crippen LogP contribution >= 0.6 is 11.6 Å². The third-order valence-corrected chi connectivity index (χ3v) is 3.25. The van der Waals surface area contributed by atoms with Gasteiger partial charge in [-0.15, -0.1) is 0 Å². The van der Waals surface area contributed by atoms with Crippen LogP contribution in [0.3, 0.4) is 0 Å². The Bertz CT molecular complexity index is 649. The largest absolute Gasteiger partial charge is 0.325 e. The first-order valence-electron chi connectivity index (χ1n) is 5.60. The van der Waals surface area contributed by atoms with Gasteiger partial charge in [-0.3, -0.25) is 4.79 Å². The monoisotopic (exact) mass is 263 g/mol. The molecule has 0 fully saturated rings. The summed E-state index contributed by atoms with van der Waals surface area (Å²) in [5.41, 5.74) is 8.25. The van der Waals surface area contributed by atoms with Crippen molar-refractivity contribution in [2.75, 3.05) is 0 Å². The standard InChI is InChI=1S/C13H14ClN3O/c1-8-6-13(18)11(7-15)16-17(8)12-5-3-4-10(14)9(12)2/h3-6H,7,15H2,1-2H3. The molecule has 1 aromatic heterocycles. The molecule has 0 atom stereocenters. The maximum absolute atomic E-state index is 11.6. The highest BCUT2D eigenvalue weighted by atomic mass is 35.5. The van der Waals surface area contributed by atoms with Crippen molar-refractivity contribution >= 4 is 11.6 Å². The summed E-state index contributed by atoms with van der Waals surface area (Å²) in [5, 5.41) is 4.95. The van der Waals surface area contributed by atoms with E-state index in [-0.39, 0.29) is 12.0 Å². The van der Waals surface area contributed by atoms with E-state index in [4.69, 9.17) is 17.3 Å². The highest BCUT2D eigenvalue weighted by Crippen LogP contribution is 2.22. The SMILES string of the molecule is Cc1c(Cl)cccc1-n1nc(CN)c(=O)cc1C. The van der Waals surface area contributed by atoms with E-state index in [1.165, 1.54) is 6.07 Å². The Kier molecular flexibility index (Phi) is 3.50. The molecule has 0 aliphatic heterocycles. The summed E-state index contributed by atoms with van der Waals surface area (Å²) in [6.45, 7) is 3.87. The zero-order chi connectivity index (χ0) is 13.3. The van der Waals surface area contributed by atoms with Crippen LogP contribution < -0.4 is 11.2 Å². The van der Waals surface area contributed by atoms with E-state index in [0.29, 0.717) is 10.7 Å². The molecule has 0 unspecified atom stereocenters. The molecular formula is C13H14ClN3O. The van der Waals surface area contributed by atoms with Crippen LogP contribution in [0, 0.1) is 13.8 Å². The van der Waals surface area contributed by atoms with Gasteiger partial charge in [-0.1, -0.05) is 17.7 Å². The summed E-state index contributed by atoms with van der Waals surface area (Å²) in [7, 11) is 0. The molecule has 0 saturated heterocycles. The van der Waals surface area contributed by atoms with E-state index in [2.05, 4.69) is 5.10 Å². The molecule has 4 nitrogen and oxygen atoms in total. The number of benzene rings is 1. The molecule has 0 spiro atoms. The predicted molar refractivity (Wildman–Crippen MR) is 72.2 cm³/mol. The maximum atomic E-state index is 11.6. The van der Waals surface area contributed by atoms with E-state index in [9.17, 15) is 4.79 Å². The van der Waals surface area contributed by atoms with Crippen LogP contribution in [-0.4, -0.2) is 9.78 Å². The second-order valence-electron chi connectivity index (χ2n) is 4.10. The lowest BCUT2D eigenvalue weighted by Crippen LogP contribution is -2.21. The number of hydrogen-bond donors (Lipinski definition) is 1. The topological polar surface area (TPSA) is 60.9 Å². The van der Waals surface area contributed by atoms with Gasteiger partial charge in [0.15, 0.2) is 0 Å². The first kappa shape index (κ1) is 12.8. The van der Waals surface area contributed by atoms with Gasteiger partial charge in [0.1, 0.15) is 5.69 Å². The Balaban J connectivity index is 2.71. The van der Waals surface area contributed by atoms with Gasteiger partial charge >= 0.3 is 0 Å². The Morgan fingerprint density at radius 1 is 1.39 bits per heavy atom. The van der Waals surface area contributed by atoms with Crippen molar-refractivity contribution in [1.82, 2.24) is 9.78 Å². The van der Waals surface area contributed by atoms with Crippen LogP contribution in [-0.2, 0) is 6.54 Å². The zero-order valence-electron chi connectivity index (χ0n) is 10.3. The zero-order valence-corrected chi connectivity index (χ0v) is 11.0. The molecule has 2 N–H and O–H groups in total. The number of hydrogen-bond acceptors (Lipinski definition) is 3. The van der Waals surface area contributed by atoms with E-state index in [0.717, 1.165) is 16.9 Å². The van der Waals surface area contributed by atoms with Crippen molar-refractivity contribution in [3.8, 4) is 5.69 Å². The van der Waals surface area contributed by atoms with Crippen molar-refractivity contribution in [2.24, 2.45) is 5.73 Å². The predicted octanol–water partition coefficient (Wildman–Crippen LogP) is 1.96. The lowest BCUT2D eigenvalue weighted by Gasteiger charge is -2.13. The Labute approximate surface area is 110 Å². The van der Waals surface area contributed by atoms with E-state index >= 15 is 0 Å². The van der Waals surface area contributed by atoms with Crippen LogP contribution in [0.15, 0.2) is 29.1 Å². The molecule has 0 radical (unpaired) electrons. The molecule has 1 aromatic carbocycles. The van der Waals surface area contributed by atoms with Gasteiger partial charge in [0.05, 0.1) is 5.69 Å². The number of aromatic nitrogens is 2. The van der Waals surface area contributed by atoms with Crippen LogP contribution in [0.1, 0.15) is 17.0 Å². The third-order valence-electron chi connectivity index (χ3n) is 2.84. The third kappa shape index (κ3) is 2.17. The second kappa shape index (κ2) is 4.92. The molecule has 0 saturated carbocycles. The number of aryl methyl sites for hydroxylation is 1.